The third kappa shape index (κ3) is 5.99. The molecule has 21 heavy (non-hydrogen) atoms. The summed E-state index contributed by atoms with van der Waals surface area (Å²) in [6.45, 7) is 5.18. The van der Waals surface area contributed by atoms with E-state index in [2.05, 4.69) is 18.7 Å². The Morgan fingerprint density at radius 2 is 2.05 bits per heavy atom. The monoisotopic (exact) mass is 310 g/mol. The van der Waals surface area contributed by atoms with Gasteiger partial charge in [0, 0.05) is 18.2 Å². The highest BCUT2D eigenvalue weighted by atomic mass is 32.1. The van der Waals surface area contributed by atoms with Gasteiger partial charge in [-0.05, 0) is 32.0 Å². The summed E-state index contributed by atoms with van der Waals surface area (Å²) in [4.78, 5) is 2.52. The second-order valence-electron chi connectivity index (χ2n) is 5.27. The molecule has 0 fully saturated rings. The fraction of sp³-hybridized carbons (Fsp3) is 0.562. The van der Waals surface area contributed by atoms with E-state index in [1.54, 1.807) is 6.07 Å². The largest absolute Gasteiger partial charge is 0.491 e. The maximum absolute atomic E-state index is 10.1. The third-order valence-corrected chi connectivity index (χ3v) is 3.86. The minimum atomic E-state index is -0.524. The number of nitrogens with two attached hydrogens (primary N) is 1. The molecule has 4 nitrogen and oxygen atoms in total. The molecule has 0 spiro atoms. The van der Waals surface area contributed by atoms with Crippen LogP contribution >= 0.6 is 12.2 Å². The number of likely N-dealkylation sites (N-methyl/N-ethyl adjacent to an activating group) is 1. The van der Waals surface area contributed by atoms with Gasteiger partial charge in [-0.15, -0.1) is 0 Å². The molecular weight excluding hydrogens is 284 g/mol. The molecule has 0 amide bonds. The van der Waals surface area contributed by atoms with Crippen LogP contribution in [0.1, 0.15) is 32.3 Å². The summed E-state index contributed by atoms with van der Waals surface area (Å²) < 4.78 is 5.61. The Kier molecular flexibility index (Phi) is 7.64. The molecule has 0 saturated heterocycles. The van der Waals surface area contributed by atoms with Crippen molar-refractivity contribution in [2.24, 2.45) is 5.73 Å². The zero-order valence-corrected chi connectivity index (χ0v) is 13.9. The van der Waals surface area contributed by atoms with E-state index in [4.69, 9.17) is 22.7 Å². The van der Waals surface area contributed by atoms with Gasteiger partial charge in [-0.1, -0.05) is 38.2 Å². The number of thiocarbonyl (C=S) groups is 1. The number of aliphatic hydroxyl groups is 1. The van der Waals surface area contributed by atoms with Crippen molar-refractivity contribution in [3.63, 3.8) is 0 Å². The Morgan fingerprint density at radius 1 is 1.38 bits per heavy atom. The quantitative estimate of drug-likeness (QED) is 0.685. The molecule has 0 saturated carbocycles. The minimum Gasteiger partial charge on any atom is -0.491 e. The van der Waals surface area contributed by atoms with E-state index in [0.29, 0.717) is 23.3 Å². The van der Waals surface area contributed by atoms with Gasteiger partial charge in [-0.25, -0.2) is 0 Å². The Hall–Kier alpha value is -1.17. The Morgan fingerprint density at radius 3 is 2.62 bits per heavy atom. The third-order valence-electron chi connectivity index (χ3n) is 3.63. The molecule has 0 aromatic heterocycles. The van der Waals surface area contributed by atoms with Crippen LogP contribution in [-0.2, 0) is 0 Å². The molecule has 5 heteroatoms. The van der Waals surface area contributed by atoms with Crippen LogP contribution in [0, 0.1) is 0 Å². The van der Waals surface area contributed by atoms with Gasteiger partial charge in [0.1, 0.15) is 23.4 Å². The average molecular weight is 310 g/mol. The van der Waals surface area contributed by atoms with Gasteiger partial charge in [-0.3, -0.25) is 0 Å². The topological polar surface area (TPSA) is 58.7 Å². The Balaban J connectivity index is 2.47. The summed E-state index contributed by atoms with van der Waals surface area (Å²) in [5.41, 5.74) is 6.36. The van der Waals surface area contributed by atoms with Gasteiger partial charge in [0.15, 0.2) is 0 Å². The fourth-order valence-corrected chi connectivity index (χ4v) is 2.50. The Labute approximate surface area is 132 Å². The molecule has 118 valence electrons. The molecule has 1 aromatic rings. The molecule has 0 bridgehead atoms. The van der Waals surface area contributed by atoms with Crippen LogP contribution in [0.15, 0.2) is 24.3 Å². The van der Waals surface area contributed by atoms with Gasteiger partial charge in [0.05, 0.1) is 0 Å². The van der Waals surface area contributed by atoms with Crippen LogP contribution in [0.4, 0.5) is 0 Å². The van der Waals surface area contributed by atoms with Crippen molar-refractivity contribution in [3.05, 3.63) is 29.8 Å². The SMILES string of the molecule is CCC(CC)N(C)CC(O)COc1cccc(C(N)=S)c1. The predicted molar refractivity (Wildman–Crippen MR) is 90.8 cm³/mol. The molecule has 1 rings (SSSR count). The number of hydrogen-bond acceptors (Lipinski definition) is 4. The summed E-state index contributed by atoms with van der Waals surface area (Å²) in [5, 5.41) is 10.1. The molecule has 0 aliphatic heterocycles. The lowest BCUT2D eigenvalue weighted by atomic mass is 10.1. The lowest BCUT2D eigenvalue weighted by molar-refractivity contribution is 0.0616. The number of aliphatic hydroxyl groups excluding tert-OH is 1. The number of hydrogen-bond donors (Lipinski definition) is 2. The first-order chi connectivity index (χ1) is 9.97. The minimum absolute atomic E-state index is 0.255. The molecule has 0 radical (unpaired) electrons. The summed E-state index contributed by atoms with van der Waals surface area (Å²) in [7, 11) is 2.04. The van der Waals surface area contributed by atoms with Crippen LogP contribution < -0.4 is 10.5 Å². The molecular formula is C16H26N2O2S. The van der Waals surface area contributed by atoms with Gasteiger partial charge >= 0.3 is 0 Å². The van der Waals surface area contributed by atoms with Crippen molar-refractivity contribution in [1.29, 1.82) is 0 Å². The lowest BCUT2D eigenvalue weighted by Gasteiger charge is -2.28. The van der Waals surface area contributed by atoms with Gasteiger partial charge in [0.2, 0.25) is 0 Å². The molecule has 1 unspecified atom stereocenters. The lowest BCUT2D eigenvalue weighted by Crippen LogP contribution is -2.39. The normalized spacial score (nSPS) is 12.7. The van der Waals surface area contributed by atoms with Gasteiger partial charge < -0.3 is 20.5 Å². The van der Waals surface area contributed by atoms with E-state index in [-0.39, 0.29) is 6.61 Å². The fourth-order valence-electron chi connectivity index (χ4n) is 2.38. The van der Waals surface area contributed by atoms with Crippen molar-refractivity contribution < 1.29 is 9.84 Å². The highest BCUT2D eigenvalue weighted by Gasteiger charge is 2.15. The van der Waals surface area contributed by atoms with Crippen LogP contribution in [0.25, 0.3) is 0 Å². The second-order valence-corrected chi connectivity index (χ2v) is 5.71. The summed E-state index contributed by atoms with van der Waals surface area (Å²) in [5.74, 6) is 0.671. The maximum atomic E-state index is 10.1. The van der Waals surface area contributed by atoms with Crippen molar-refractivity contribution in [1.82, 2.24) is 4.90 Å². The smallest absolute Gasteiger partial charge is 0.120 e. The molecule has 1 aromatic carbocycles. The zero-order chi connectivity index (χ0) is 15.8. The van der Waals surface area contributed by atoms with Crippen LogP contribution in [0.5, 0.6) is 5.75 Å². The highest BCUT2D eigenvalue weighted by molar-refractivity contribution is 7.80. The number of ether oxygens (including phenoxy) is 1. The second kappa shape index (κ2) is 8.97. The van der Waals surface area contributed by atoms with Crippen molar-refractivity contribution in [3.8, 4) is 5.75 Å². The molecule has 0 heterocycles. The van der Waals surface area contributed by atoms with E-state index in [1.807, 2.05) is 25.2 Å². The first kappa shape index (κ1) is 17.9. The van der Waals surface area contributed by atoms with Crippen LogP contribution in [0.2, 0.25) is 0 Å². The van der Waals surface area contributed by atoms with E-state index < -0.39 is 6.10 Å². The van der Waals surface area contributed by atoms with E-state index in [1.165, 1.54) is 0 Å². The van der Waals surface area contributed by atoms with E-state index >= 15 is 0 Å². The van der Waals surface area contributed by atoms with Crippen molar-refractivity contribution >= 4 is 17.2 Å². The van der Waals surface area contributed by atoms with Crippen molar-refractivity contribution in [2.45, 2.75) is 38.8 Å². The summed E-state index contributed by atoms with van der Waals surface area (Å²) >= 11 is 4.94. The predicted octanol–water partition coefficient (Wildman–Crippen LogP) is 2.18. The van der Waals surface area contributed by atoms with E-state index in [0.717, 1.165) is 18.4 Å². The number of nitrogens with zero attached hydrogens (tertiary/aromatic N) is 1. The zero-order valence-electron chi connectivity index (χ0n) is 13.1. The standard InChI is InChI=1S/C16H26N2O2S/c1-4-13(5-2)18(3)10-14(19)11-20-15-8-6-7-12(9-15)16(17)21/h6-9,13-14,19H,4-5,10-11H2,1-3H3,(H2,17,21). The first-order valence-corrected chi connectivity index (χ1v) is 7.79. The number of benzene rings is 1. The summed E-state index contributed by atoms with van der Waals surface area (Å²) in [6.07, 6.45) is 1.64. The molecule has 0 aliphatic carbocycles. The average Bonchev–Trinajstić information content (AvgIpc) is 2.46. The molecule has 0 aliphatic rings. The van der Waals surface area contributed by atoms with Crippen molar-refractivity contribution in [2.75, 3.05) is 20.2 Å². The molecule has 1 atom stereocenters. The maximum Gasteiger partial charge on any atom is 0.120 e. The van der Waals surface area contributed by atoms with E-state index in [9.17, 15) is 5.11 Å². The number of rotatable bonds is 9. The van der Waals surface area contributed by atoms with Gasteiger partial charge in [0.25, 0.3) is 0 Å². The first-order valence-electron chi connectivity index (χ1n) is 7.38. The Bertz CT molecular complexity index is 450. The van der Waals surface area contributed by atoms with Crippen LogP contribution in [0.3, 0.4) is 0 Å². The van der Waals surface area contributed by atoms with Gasteiger partial charge in [-0.2, -0.15) is 0 Å². The van der Waals surface area contributed by atoms with Crippen LogP contribution in [-0.4, -0.2) is 47.3 Å². The summed E-state index contributed by atoms with van der Waals surface area (Å²) in [6, 6.07) is 7.80. The molecule has 3 N–H and O–H groups in total. The highest BCUT2D eigenvalue weighted by Crippen LogP contribution is 2.14.